The van der Waals surface area contributed by atoms with Gasteiger partial charge < -0.3 is 0 Å². The van der Waals surface area contributed by atoms with Crippen LogP contribution in [0.4, 0.5) is 0 Å². The van der Waals surface area contributed by atoms with Crippen LogP contribution in [0.3, 0.4) is 0 Å². The van der Waals surface area contributed by atoms with Crippen molar-refractivity contribution in [2.24, 2.45) is 5.10 Å². The first-order valence-electron chi connectivity index (χ1n) is 10.5. The normalized spacial score (nSPS) is 11.4. The molecule has 5 nitrogen and oxygen atoms in total. The zero-order valence-electron chi connectivity index (χ0n) is 17.7. The van der Waals surface area contributed by atoms with E-state index in [4.69, 9.17) is 0 Å². The first-order valence-corrected chi connectivity index (χ1v) is 10.5. The number of aromatic nitrogens is 3. The third kappa shape index (κ3) is 3.88. The van der Waals surface area contributed by atoms with E-state index in [0.29, 0.717) is 12.4 Å². The summed E-state index contributed by atoms with van der Waals surface area (Å²) in [6.07, 6.45) is 1.73. The average molecular weight is 419 g/mol. The SMILES string of the molecule is Cc1ccc(-c2nn(Cc3ccccc3)c(=O)n2/N=C/c2cccc3ccccc23)cc1. The van der Waals surface area contributed by atoms with E-state index in [0.717, 1.165) is 33.0 Å². The van der Waals surface area contributed by atoms with Gasteiger partial charge in [0.1, 0.15) is 0 Å². The smallest absolute Gasteiger partial charge is 0.244 e. The number of fused-ring (bicyclic) bond motifs is 1. The van der Waals surface area contributed by atoms with Gasteiger partial charge in [-0.05, 0) is 23.3 Å². The van der Waals surface area contributed by atoms with Crippen LogP contribution in [0.15, 0.2) is 107 Å². The zero-order valence-corrected chi connectivity index (χ0v) is 17.7. The first kappa shape index (κ1) is 19.7. The van der Waals surface area contributed by atoms with Gasteiger partial charge in [-0.25, -0.2) is 9.48 Å². The molecule has 0 unspecified atom stereocenters. The van der Waals surface area contributed by atoms with Crippen LogP contribution in [-0.4, -0.2) is 20.7 Å². The van der Waals surface area contributed by atoms with Crippen molar-refractivity contribution in [1.82, 2.24) is 14.5 Å². The minimum atomic E-state index is -0.277. The van der Waals surface area contributed by atoms with Crippen LogP contribution in [0.2, 0.25) is 0 Å². The predicted molar refractivity (Wildman–Crippen MR) is 129 cm³/mol. The van der Waals surface area contributed by atoms with Gasteiger partial charge in [0.15, 0.2) is 5.82 Å². The Bertz CT molecular complexity index is 1460. The van der Waals surface area contributed by atoms with Crippen molar-refractivity contribution >= 4 is 17.0 Å². The number of hydrogen-bond acceptors (Lipinski definition) is 3. The fourth-order valence-corrected chi connectivity index (χ4v) is 3.73. The third-order valence-corrected chi connectivity index (χ3v) is 5.44. The van der Waals surface area contributed by atoms with E-state index >= 15 is 0 Å². The summed E-state index contributed by atoms with van der Waals surface area (Å²) in [5, 5.41) is 11.4. The van der Waals surface area contributed by atoms with Crippen LogP contribution in [0.1, 0.15) is 16.7 Å². The van der Waals surface area contributed by atoms with Gasteiger partial charge in [-0.2, -0.15) is 9.78 Å². The molecule has 0 bridgehead atoms. The average Bonchev–Trinajstić information content (AvgIpc) is 3.14. The van der Waals surface area contributed by atoms with E-state index < -0.39 is 0 Å². The number of hydrogen-bond donors (Lipinski definition) is 0. The van der Waals surface area contributed by atoms with Crippen LogP contribution in [0.25, 0.3) is 22.2 Å². The molecule has 5 aromatic rings. The van der Waals surface area contributed by atoms with Gasteiger partial charge in [0.25, 0.3) is 0 Å². The van der Waals surface area contributed by atoms with E-state index in [-0.39, 0.29) is 5.69 Å². The van der Waals surface area contributed by atoms with E-state index in [9.17, 15) is 4.79 Å². The largest absolute Gasteiger partial charge is 0.367 e. The second-order valence-corrected chi connectivity index (χ2v) is 7.74. The summed E-state index contributed by atoms with van der Waals surface area (Å²) >= 11 is 0. The molecule has 1 heterocycles. The molecule has 0 amide bonds. The molecule has 0 spiro atoms. The van der Waals surface area contributed by atoms with Gasteiger partial charge in [0, 0.05) is 11.1 Å². The van der Waals surface area contributed by atoms with Crippen molar-refractivity contribution in [1.29, 1.82) is 0 Å². The highest BCUT2D eigenvalue weighted by Gasteiger charge is 2.15. The lowest BCUT2D eigenvalue weighted by atomic mass is 10.1. The molecule has 0 aliphatic heterocycles. The lowest BCUT2D eigenvalue weighted by Gasteiger charge is -2.03. The van der Waals surface area contributed by atoms with Crippen molar-refractivity contribution in [2.45, 2.75) is 13.5 Å². The lowest BCUT2D eigenvalue weighted by Crippen LogP contribution is -2.23. The topological polar surface area (TPSA) is 52.2 Å². The van der Waals surface area contributed by atoms with Gasteiger partial charge >= 0.3 is 5.69 Å². The minimum Gasteiger partial charge on any atom is -0.244 e. The van der Waals surface area contributed by atoms with Crippen molar-refractivity contribution in [3.8, 4) is 11.4 Å². The molecule has 1 aromatic heterocycles. The Hall–Kier alpha value is -4.25. The minimum absolute atomic E-state index is 0.277. The summed E-state index contributed by atoms with van der Waals surface area (Å²) in [4.78, 5) is 13.3. The Morgan fingerprint density at radius 3 is 2.38 bits per heavy atom. The van der Waals surface area contributed by atoms with Crippen molar-refractivity contribution in [2.75, 3.05) is 0 Å². The molecule has 0 N–H and O–H groups in total. The molecule has 5 heteroatoms. The molecule has 4 aromatic carbocycles. The summed E-state index contributed by atoms with van der Waals surface area (Å²) in [6.45, 7) is 2.42. The molecule has 0 radical (unpaired) electrons. The standard InChI is InChI=1S/C27H22N4O/c1-20-14-16-23(17-15-20)26-29-30(19-21-8-3-2-4-9-21)27(32)31(26)28-18-24-12-7-11-22-10-5-6-13-25(22)24/h2-18H,19H2,1H3/b28-18+. The van der Waals surface area contributed by atoms with Crippen molar-refractivity contribution in [3.63, 3.8) is 0 Å². The molecule has 32 heavy (non-hydrogen) atoms. The van der Waals surface area contributed by atoms with Crippen LogP contribution in [0, 0.1) is 6.92 Å². The summed E-state index contributed by atoms with van der Waals surface area (Å²) in [5.74, 6) is 0.516. The van der Waals surface area contributed by atoms with Crippen molar-refractivity contribution in [3.05, 3.63) is 124 Å². The number of nitrogens with zero attached hydrogens (tertiary/aromatic N) is 4. The molecular formula is C27H22N4O. The number of rotatable bonds is 5. The van der Waals surface area contributed by atoms with E-state index in [1.54, 1.807) is 6.21 Å². The van der Waals surface area contributed by atoms with Gasteiger partial charge in [0.05, 0.1) is 12.8 Å². The fraction of sp³-hybridized carbons (Fsp3) is 0.0741. The highest BCUT2D eigenvalue weighted by Crippen LogP contribution is 2.19. The maximum absolute atomic E-state index is 13.3. The summed E-state index contributed by atoms with van der Waals surface area (Å²) < 4.78 is 2.85. The second-order valence-electron chi connectivity index (χ2n) is 7.74. The van der Waals surface area contributed by atoms with E-state index in [1.807, 2.05) is 85.8 Å². The molecule has 0 atom stereocenters. The number of aryl methyl sites for hydroxylation is 1. The molecule has 5 rings (SSSR count). The van der Waals surface area contributed by atoms with E-state index in [1.165, 1.54) is 9.36 Å². The highest BCUT2D eigenvalue weighted by molar-refractivity contribution is 5.99. The van der Waals surface area contributed by atoms with Gasteiger partial charge in [-0.3, -0.25) is 0 Å². The summed E-state index contributed by atoms with van der Waals surface area (Å²) in [7, 11) is 0. The zero-order chi connectivity index (χ0) is 21.9. The fourth-order valence-electron chi connectivity index (χ4n) is 3.73. The predicted octanol–water partition coefficient (Wildman–Crippen LogP) is 5.10. The Morgan fingerprint density at radius 1 is 0.844 bits per heavy atom. The Balaban J connectivity index is 1.61. The van der Waals surface area contributed by atoms with Crippen LogP contribution < -0.4 is 5.69 Å². The molecule has 0 saturated heterocycles. The Kier molecular flexibility index (Phi) is 5.22. The second kappa shape index (κ2) is 8.47. The molecular weight excluding hydrogens is 396 g/mol. The van der Waals surface area contributed by atoms with Crippen LogP contribution in [-0.2, 0) is 6.54 Å². The molecule has 156 valence electrons. The summed E-state index contributed by atoms with van der Waals surface area (Å²) in [5.41, 5.74) is 3.66. The van der Waals surface area contributed by atoms with Gasteiger partial charge in [-0.1, -0.05) is 103 Å². The Labute approximate surface area is 185 Å². The monoisotopic (exact) mass is 418 g/mol. The van der Waals surface area contributed by atoms with Crippen LogP contribution in [0.5, 0.6) is 0 Å². The third-order valence-electron chi connectivity index (χ3n) is 5.44. The molecule has 0 saturated carbocycles. The quantitative estimate of drug-likeness (QED) is 0.373. The first-order chi connectivity index (χ1) is 15.7. The molecule has 0 fully saturated rings. The molecule has 0 aliphatic rings. The molecule has 0 aliphatic carbocycles. The lowest BCUT2D eigenvalue weighted by molar-refractivity contribution is 0.645. The maximum Gasteiger partial charge on any atom is 0.367 e. The number of benzene rings is 4. The Morgan fingerprint density at radius 2 is 1.56 bits per heavy atom. The highest BCUT2D eigenvalue weighted by atomic mass is 16.2. The summed E-state index contributed by atoms with van der Waals surface area (Å²) in [6, 6.07) is 32.0. The van der Waals surface area contributed by atoms with Crippen LogP contribution >= 0.6 is 0 Å². The van der Waals surface area contributed by atoms with Gasteiger partial charge in [0.2, 0.25) is 0 Å². The maximum atomic E-state index is 13.3. The van der Waals surface area contributed by atoms with E-state index in [2.05, 4.69) is 28.4 Å². The van der Waals surface area contributed by atoms with Crippen molar-refractivity contribution < 1.29 is 0 Å². The van der Waals surface area contributed by atoms with Gasteiger partial charge in [-0.15, -0.1) is 5.10 Å².